The number of carbonyl (C=O) groups is 2. The van der Waals surface area contributed by atoms with Gasteiger partial charge in [0.05, 0.1) is 13.7 Å². The number of ether oxygens (including phenoxy) is 1. The summed E-state index contributed by atoms with van der Waals surface area (Å²) in [7, 11) is 1.34. The average Bonchev–Trinajstić information content (AvgIpc) is 2.15. The van der Waals surface area contributed by atoms with Crippen molar-refractivity contribution in [3.8, 4) is 0 Å². The number of hydrogen-bond acceptors (Lipinski definition) is 4. The highest BCUT2D eigenvalue weighted by atomic mass is 16.5. The highest BCUT2D eigenvalue weighted by Gasteiger charge is 2.26. The molecule has 2 amide bonds. The zero-order valence-corrected chi connectivity index (χ0v) is 9.73. The van der Waals surface area contributed by atoms with Crippen LogP contribution >= 0.6 is 0 Å². The molecule has 6 heteroatoms. The van der Waals surface area contributed by atoms with Crippen molar-refractivity contribution in [1.29, 1.82) is 0 Å². The third-order valence-corrected chi connectivity index (χ3v) is 2.62. The van der Waals surface area contributed by atoms with Gasteiger partial charge in [-0.15, -0.1) is 0 Å². The van der Waals surface area contributed by atoms with Crippen LogP contribution in [0.3, 0.4) is 0 Å². The van der Waals surface area contributed by atoms with Crippen molar-refractivity contribution < 1.29 is 14.3 Å². The molecule has 0 bridgehead atoms. The molecule has 0 saturated carbocycles. The van der Waals surface area contributed by atoms with Crippen LogP contribution in [0.4, 0.5) is 4.79 Å². The summed E-state index contributed by atoms with van der Waals surface area (Å²) in [5.41, 5.74) is 5.15. The summed E-state index contributed by atoms with van der Waals surface area (Å²) in [6.07, 6.45) is 0.461. The largest absolute Gasteiger partial charge is 0.453 e. The number of amides is 2. The van der Waals surface area contributed by atoms with Crippen molar-refractivity contribution in [3.63, 3.8) is 0 Å². The molecular formula is C10H19N3O3. The van der Waals surface area contributed by atoms with E-state index >= 15 is 0 Å². The number of alkyl carbamates (subject to hydrolysis) is 1. The van der Waals surface area contributed by atoms with E-state index in [-0.39, 0.29) is 18.5 Å². The van der Waals surface area contributed by atoms with Gasteiger partial charge in [-0.05, 0) is 12.3 Å². The van der Waals surface area contributed by atoms with E-state index in [2.05, 4.69) is 17.0 Å². The third kappa shape index (κ3) is 4.06. The van der Waals surface area contributed by atoms with Crippen molar-refractivity contribution in [2.45, 2.75) is 19.4 Å². The van der Waals surface area contributed by atoms with Crippen LogP contribution in [-0.4, -0.2) is 49.7 Å². The molecule has 1 aliphatic heterocycles. The molecule has 3 N–H and O–H groups in total. The number of nitrogens with one attached hydrogen (secondary N) is 1. The number of piperidine rings is 1. The predicted molar refractivity (Wildman–Crippen MR) is 58.7 cm³/mol. The lowest BCUT2D eigenvalue weighted by molar-refractivity contribution is -0.119. The van der Waals surface area contributed by atoms with Crippen molar-refractivity contribution >= 4 is 12.0 Å². The van der Waals surface area contributed by atoms with E-state index in [0.29, 0.717) is 12.5 Å². The number of methoxy groups -OCH3 is 1. The van der Waals surface area contributed by atoms with Crippen molar-refractivity contribution in [3.05, 3.63) is 0 Å². The first-order valence-corrected chi connectivity index (χ1v) is 5.36. The highest BCUT2D eigenvalue weighted by Crippen LogP contribution is 2.15. The zero-order valence-electron chi connectivity index (χ0n) is 9.73. The second-order valence-corrected chi connectivity index (χ2v) is 4.33. The molecule has 0 radical (unpaired) electrons. The lowest BCUT2D eigenvalue weighted by Crippen LogP contribution is -2.52. The fraction of sp³-hybridized carbons (Fsp3) is 0.800. The van der Waals surface area contributed by atoms with Crippen molar-refractivity contribution in [2.24, 2.45) is 11.7 Å². The lowest BCUT2D eigenvalue weighted by Gasteiger charge is -2.35. The smallest absolute Gasteiger partial charge is 0.407 e. The molecule has 0 aliphatic carbocycles. The minimum absolute atomic E-state index is 0.0237. The first-order chi connectivity index (χ1) is 7.51. The van der Waals surface area contributed by atoms with Crippen LogP contribution in [0, 0.1) is 5.92 Å². The fourth-order valence-electron chi connectivity index (χ4n) is 2.14. The van der Waals surface area contributed by atoms with Gasteiger partial charge in [-0.3, -0.25) is 9.69 Å². The van der Waals surface area contributed by atoms with Gasteiger partial charge in [-0.25, -0.2) is 4.79 Å². The van der Waals surface area contributed by atoms with Gasteiger partial charge >= 0.3 is 6.09 Å². The summed E-state index contributed by atoms with van der Waals surface area (Å²) in [5.74, 6) is 0.0844. The molecule has 0 aromatic rings. The van der Waals surface area contributed by atoms with E-state index in [1.807, 2.05) is 4.90 Å². The summed E-state index contributed by atoms with van der Waals surface area (Å²) in [6, 6.07) is 0.0237. The van der Waals surface area contributed by atoms with Gasteiger partial charge in [0.2, 0.25) is 5.91 Å². The van der Waals surface area contributed by atoms with Gasteiger partial charge < -0.3 is 15.8 Å². The van der Waals surface area contributed by atoms with E-state index in [9.17, 15) is 9.59 Å². The SMILES string of the molecule is COC(=O)NC1CC(C)CN(CC(N)=O)C1. The molecule has 0 aromatic carbocycles. The standard InChI is InChI=1S/C10H19N3O3/c1-7-3-8(12-10(15)16-2)5-13(4-7)6-9(11)14/h7-8H,3-6H2,1-2H3,(H2,11,14)(H,12,15). The molecule has 2 unspecified atom stereocenters. The molecular weight excluding hydrogens is 210 g/mol. The van der Waals surface area contributed by atoms with Crippen molar-refractivity contribution in [1.82, 2.24) is 10.2 Å². The molecule has 92 valence electrons. The van der Waals surface area contributed by atoms with Crippen LogP contribution in [0.15, 0.2) is 0 Å². The van der Waals surface area contributed by atoms with Crippen LogP contribution in [0.5, 0.6) is 0 Å². The van der Waals surface area contributed by atoms with Crippen LogP contribution in [-0.2, 0) is 9.53 Å². The number of likely N-dealkylation sites (tertiary alicyclic amines) is 1. The molecule has 16 heavy (non-hydrogen) atoms. The molecule has 1 aliphatic rings. The Labute approximate surface area is 95.1 Å². The zero-order chi connectivity index (χ0) is 12.1. The van der Waals surface area contributed by atoms with Gasteiger partial charge in [-0.2, -0.15) is 0 Å². The van der Waals surface area contributed by atoms with Gasteiger partial charge in [0.25, 0.3) is 0 Å². The van der Waals surface area contributed by atoms with Crippen LogP contribution in [0.25, 0.3) is 0 Å². The van der Waals surface area contributed by atoms with Gasteiger partial charge in [0, 0.05) is 19.1 Å². The number of nitrogens with zero attached hydrogens (tertiary/aromatic N) is 1. The normalized spacial score (nSPS) is 26.1. The molecule has 1 saturated heterocycles. The van der Waals surface area contributed by atoms with Crippen LogP contribution in [0.1, 0.15) is 13.3 Å². The Morgan fingerprint density at radius 1 is 1.50 bits per heavy atom. The van der Waals surface area contributed by atoms with Crippen molar-refractivity contribution in [2.75, 3.05) is 26.7 Å². The Bertz CT molecular complexity index is 270. The number of rotatable bonds is 3. The van der Waals surface area contributed by atoms with E-state index < -0.39 is 6.09 Å². The Morgan fingerprint density at radius 2 is 2.19 bits per heavy atom. The van der Waals surface area contributed by atoms with E-state index in [4.69, 9.17) is 5.73 Å². The van der Waals surface area contributed by atoms with E-state index in [1.165, 1.54) is 7.11 Å². The maximum atomic E-state index is 11.1. The van der Waals surface area contributed by atoms with Crippen LogP contribution < -0.4 is 11.1 Å². The van der Waals surface area contributed by atoms with Gasteiger partial charge in [0.1, 0.15) is 0 Å². The van der Waals surface area contributed by atoms with E-state index in [1.54, 1.807) is 0 Å². The monoisotopic (exact) mass is 229 g/mol. The molecule has 1 rings (SSSR count). The minimum Gasteiger partial charge on any atom is -0.453 e. The maximum Gasteiger partial charge on any atom is 0.407 e. The Balaban J connectivity index is 2.47. The second-order valence-electron chi connectivity index (χ2n) is 4.33. The van der Waals surface area contributed by atoms with Crippen LogP contribution in [0.2, 0.25) is 0 Å². The minimum atomic E-state index is -0.432. The second kappa shape index (κ2) is 5.69. The molecule has 0 aromatic heterocycles. The predicted octanol–water partition coefficient (Wildman–Crippen LogP) is -0.462. The van der Waals surface area contributed by atoms with E-state index in [0.717, 1.165) is 13.0 Å². The van der Waals surface area contributed by atoms with Gasteiger partial charge in [-0.1, -0.05) is 6.92 Å². The topological polar surface area (TPSA) is 84.7 Å². The Hall–Kier alpha value is -1.30. The Kier molecular flexibility index (Phi) is 4.54. The summed E-state index contributed by atoms with van der Waals surface area (Å²) >= 11 is 0. The fourth-order valence-corrected chi connectivity index (χ4v) is 2.14. The number of nitrogens with two attached hydrogens (primary N) is 1. The summed E-state index contributed by atoms with van der Waals surface area (Å²) < 4.78 is 4.54. The first-order valence-electron chi connectivity index (χ1n) is 5.36. The highest BCUT2D eigenvalue weighted by molar-refractivity contribution is 5.76. The molecule has 6 nitrogen and oxygen atoms in total. The molecule has 1 fully saturated rings. The molecule has 0 spiro atoms. The average molecular weight is 229 g/mol. The molecule has 2 atom stereocenters. The number of carbonyl (C=O) groups excluding carboxylic acids is 2. The summed E-state index contributed by atoms with van der Waals surface area (Å²) in [4.78, 5) is 23.9. The Morgan fingerprint density at radius 3 is 2.75 bits per heavy atom. The number of primary amides is 1. The first kappa shape index (κ1) is 12.8. The lowest BCUT2D eigenvalue weighted by atomic mass is 9.96. The summed E-state index contributed by atoms with van der Waals surface area (Å²) in [5, 5.41) is 2.75. The third-order valence-electron chi connectivity index (χ3n) is 2.62. The number of hydrogen-bond donors (Lipinski definition) is 2. The quantitative estimate of drug-likeness (QED) is 0.685. The molecule has 1 heterocycles. The maximum absolute atomic E-state index is 11.1. The summed E-state index contributed by atoms with van der Waals surface area (Å²) in [6.45, 7) is 3.80. The van der Waals surface area contributed by atoms with Gasteiger partial charge in [0.15, 0.2) is 0 Å².